The van der Waals surface area contributed by atoms with Crippen LogP contribution < -0.4 is 5.73 Å². The van der Waals surface area contributed by atoms with E-state index in [1.807, 2.05) is 6.07 Å². The number of hydrogen-bond donors (Lipinski definition) is 1. The van der Waals surface area contributed by atoms with Gasteiger partial charge in [-0.2, -0.15) is 5.26 Å². The highest BCUT2D eigenvalue weighted by Gasteiger charge is 2.17. The van der Waals surface area contributed by atoms with Gasteiger partial charge in [-0.05, 0) is 36.4 Å². The maximum absolute atomic E-state index is 14.3. The van der Waals surface area contributed by atoms with E-state index in [9.17, 15) is 19.8 Å². The van der Waals surface area contributed by atoms with Crippen molar-refractivity contribution in [3.63, 3.8) is 0 Å². The summed E-state index contributed by atoms with van der Waals surface area (Å²) >= 11 is 3.28. The van der Waals surface area contributed by atoms with Gasteiger partial charge in [-0.1, -0.05) is 15.9 Å². The van der Waals surface area contributed by atoms with Crippen LogP contribution in [0.1, 0.15) is 5.56 Å². The number of rotatable bonds is 3. The summed E-state index contributed by atoms with van der Waals surface area (Å²) in [5.41, 5.74) is 7.34. The first-order chi connectivity index (χ1) is 12.4. The highest BCUT2D eigenvalue weighted by molar-refractivity contribution is 9.10. The number of aromatic nitrogens is 1. The molecule has 26 heavy (non-hydrogen) atoms. The minimum absolute atomic E-state index is 0.0438. The van der Waals surface area contributed by atoms with Crippen LogP contribution in [0.25, 0.3) is 22.4 Å². The Balaban J connectivity index is 2.21. The molecule has 0 aliphatic heterocycles. The van der Waals surface area contributed by atoms with Gasteiger partial charge < -0.3 is 5.73 Å². The lowest BCUT2D eigenvalue weighted by atomic mass is 9.98. The van der Waals surface area contributed by atoms with Crippen LogP contribution in [-0.4, -0.2) is 9.91 Å². The van der Waals surface area contributed by atoms with Crippen molar-refractivity contribution in [2.75, 3.05) is 5.73 Å². The molecule has 0 amide bonds. The van der Waals surface area contributed by atoms with Gasteiger partial charge >= 0.3 is 0 Å². The predicted octanol–water partition coefficient (Wildman–Crippen LogP) is 4.68. The van der Waals surface area contributed by atoms with Gasteiger partial charge in [0, 0.05) is 33.3 Å². The van der Waals surface area contributed by atoms with E-state index in [0.29, 0.717) is 21.3 Å². The molecule has 0 saturated carbocycles. The second-order valence-corrected chi connectivity index (χ2v) is 6.27. The van der Waals surface area contributed by atoms with Crippen LogP contribution >= 0.6 is 15.9 Å². The first kappa shape index (κ1) is 17.5. The van der Waals surface area contributed by atoms with E-state index in [1.165, 1.54) is 30.3 Å². The summed E-state index contributed by atoms with van der Waals surface area (Å²) in [6.07, 6.45) is 0. The second kappa shape index (κ2) is 6.90. The fraction of sp³-hybridized carbons (Fsp3) is 0. The molecule has 0 spiro atoms. The molecule has 0 radical (unpaired) electrons. The Labute approximate surface area is 156 Å². The van der Waals surface area contributed by atoms with Crippen LogP contribution in [0.5, 0.6) is 0 Å². The summed E-state index contributed by atoms with van der Waals surface area (Å²) in [5.74, 6) is -0.553. The molecule has 0 saturated heterocycles. The molecule has 0 aliphatic rings. The SMILES string of the molecule is N#Cc1c(-c2cc(Br)ccc2F)cc(-c2ccc([N+](=O)[O-])cc2)nc1N. The average Bonchev–Trinajstić information content (AvgIpc) is 2.63. The number of non-ortho nitro benzene ring substituents is 1. The van der Waals surface area contributed by atoms with Gasteiger partial charge in [0.05, 0.1) is 10.6 Å². The fourth-order valence-electron chi connectivity index (χ4n) is 2.50. The summed E-state index contributed by atoms with van der Waals surface area (Å²) in [4.78, 5) is 14.5. The molecular weight excluding hydrogens is 403 g/mol. The second-order valence-electron chi connectivity index (χ2n) is 5.36. The average molecular weight is 413 g/mol. The van der Waals surface area contributed by atoms with Crippen molar-refractivity contribution in [1.82, 2.24) is 4.98 Å². The summed E-state index contributed by atoms with van der Waals surface area (Å²) in [5, 5.41) is 20.2. The Morgan fingerprint density at radius 2 is 1.85 bits per heavy atom. The molecule has 6 nitrogen and oxygen atoms in total. The number of nitro benzene ring substituents is 1. The molecular formula is C18H10BrFN4O2. The van der Waals surface area contributed by atoms with Crippen molar-refractivity contribution in [2.45, 2.75) is 0 Å². The number of hydrogen-bond acceptors (Lipinski definition) is 5. The highest BCUT2D eigenvalue weighted by atomic mass is 79.9. The number of benzene rings is 2. The molecule has 8 heteroatoms. The Morgan fingerprint density at radius 1 is 1.15 bits per heavy atom. The molecule has 0 fully saturated rings. The van der Waals surface area contributed by atoms with Gasteiger partial charge in [-0.25, -0.2) is 9.37 Å². The number of anilines is 1. The van der Waals surface area contributed by atoms with Crippen molar-refractivity contribution in [3.05, 3.63) is 74.5 Å². The van der Waals surface area contributed by atoms with E-state index in [1.54, 1.807) is 18.2 Å². The van der Waals surface area contributed by atoms with Crippen LogP contribution in [-0.2, 0) is 0 Å². The van der Waals surface area contributed by atoms with Gasteiger partial charge in [0.15, 0.2) is 0 Å². The van der Waals surface area contributed by atoms with E-state index in [-0.39, 0.29) is 22.6 Å². The molecule has 1 heterocycles. The molecule has 2 aromatic carbocycles. The lowest BCUT2D eigenvalue weighted by molar-refractivity contribution is -0.384. The smallest absolute Gasteiger partial charge is 0.269 e. The maximum atomic E-state index is 14.3. The molecule has 0 unspecified atom stereocenters. The third kappa shape index (κ3) is 3.25. The van der Waals surface area contributed by atoms with Gasteiger partial charge in [0.2, 0.25) is 0 Å². The van der Waals surface area contributed by atoms with Gasteiger partial charge in [0.1, 0.15) is 23.3 Å². The van der Waals surface area contributed by atoms with Gasteiger partial charge in [-0.3, -0.25) is 10.1 Å². The summed E-state index contributed by atoms with van der Waals surface area (Å²) in [7, 11) is 0. The van der Waals surface area contributed by atoms with Crippen LogP contribution in [0.15, 0.2) is 53.0 Å². The number of nitrogens with two attached hydrogens (primary N) is 1. The third-order valence-corrected chi connectivity index (χ3v) is 4.24. The molecule has 128 valence electrons. The van der Waals surface area contributed by atoms with Crippen molar-refractivity contribution >= 4 is 27.4 Å². The zero-order valence-corrected chi connectivity index (χ0v) is 14.7. The van der Waals surface area contributed by atoms with Crippen molar-refractivity contribution < 1.29 is 9.31 Å². The largest absolute Gasteiger partial charge is 0.383 e. The molecule has 1 aromatic heterocycles. The third-order valence-electron chi connectivity index (χ3n) is 3.75. The lowest BCUT2D eigenvalue weighted by Gasteiger charge is -2.11. The fourth-order valence-corrected chi connectivity index (χ4v) is 2.86. The standard InChI is InChI=1S/C18H10BrFN4O2/c19-11-3-6-16(20)14(7-11)13-8-17(23-18(22)15(13)9-21)10-1-4-12(5-2-10)24(25)26/h1-8H,(H2,22,23). The van der Waals surface area contributed by atoms with E-state index >= 15 is 0 Å². The van der Waals surface area contributed by atoms with Crippen LogP contribution in [0.4, 0.5) is 15.9 Å². The van der Waals surface area contributed by atoms with Gasteiger partial charge in [-0.15, -0.1) is 0 Å². The van der Waals surface area contributed by atoms with Gasteiger partial charge in [0.25, 0.3) is 5.69 Å². The molecule has 3 aromatic rings. The van der Waals surface area contributed by atoms with Crippen molar-refractivity contribution in [3.8, 4) is 28.5 Å². The monoisotopic (exact) mass is 412 g/mol. The first-order valence-electron chi connectivity index (χ1n) is 7.31. The Hall–Kier alpha value is -3.31. The van der Waals surface area contributed by atoms with E-state index < -0.39 is 10.7 Å². The topological polar surface area (TPSA) is 106 Å². The summed E-state index contributed by atoms with van der Waals surface area (Å²) in [6, 6.07) is 13.6. The van der Waals surface area contributed by atoms with Crippen LogP contribution in [0.3, 0.4) is 0 Å². The molecule has 0 aliphatic carbocycles. The first-order valence-corrected chi connectivity index (χ1v) is 8.11. The Bertz CT molecular complexity index is 1060. The van der Waals surface area contributed by atoms with Crippen molar-refractivity contribution in [2.24, 2.45) is 0 Å². The minimum atomic E-state index is -0.509. The summed E-state index contributed by atoms with van der Waals surface area (Å²) in [6.45, 7) is 0. The zero-order chi connectivity index (χ0) is 18.8. The molecule has 0 bridgehead atoms. The number of nitriles is 1. The predicted molar refractivity (Wildman–Crippen MR) is 98.5 cm³/mol. The van der Waals surface area contributed by atoms with E-state index in [4.69, 9.17) is 5.73 Å². The number of nitrogens with zero attached hydrogens (tertiary/aromatic N) is 3. The Morgan fingerprint density at radius 3 is 2.46 bits per heavy atom. The molecule has 3 rings (SSSR count). The molecule has 2 N–H and O–H groups in total. The number of nitrogen functional groups attached to an aromatic ring is 1. The number of nitro groups is 1. The summed E-state index contributed by atoms with van der Waals surface area (Å²) < 4.78 is 15.0. The quantitative estimate of drug-likeness (QED) is 0.496. The van der Waals surface area contributed by atoms with Crippen LogP contribution in [0.2, 0.25) is 0 Å². The zero-order valence-electron chi connectivity index (χ0n) is 13.1. The maximum Gasteiger partial charge on any atom is 0.269 e. The lowest BCUT2D eigenvalue weighted by Crippen LogP contribution is -2.01. The normalized spacial score (nSPS) is 10.3. The van der Waals surface area contributed by atoms with E-state index in [0.717, 1.165) is 0 Å². The Kier molecular flexibility index (Phi) is 4.65. The van der Waals surface area contributed by atoms with Crippen LogP contribution in [0, 0.1) is 27.3 Å². The highest BCUT2D eigenvalue weighted by Crippen LogP contribution is 2.34. The number of halogens is 2. The van der Waals surface area contributed by atoms with Crippen molar-refractivity contribution in [1.29, 1.82) is 5.26 Å². The minimum Gasteiger partial charge on any atom is -0.383 e. The molecule has 0 atom stereocenters. The number of pyridine rings is 1. The van der Waals surface area contributed by atoms with E-state index in [2.05, 4.69) is 20.9 Å².